The number of benzene rings is 2. The van der Waals surface area contributed by atoms with E-state index < -0.39 is 0 Å². The Kier molecular flexibility index (Phi) is 14.3. The fourth-order valence-corrected chi connectivity index (χ4v) is 10.5. The van der Waals surface area contributed by atoms with E-state index in [1.54, 1.807) is 6.07 Å². The van der Waals surface area contributed by atoms with Crippen LogP contribution in [-0.4, -0.2) is 109 Å². The summed E-state index contributed by atoms with van der Waals surface area (Å²) in [4.78, 5) is 43.0. The molecule has 13 heteroatoms. The summed E-state index contributed by atoms with van der Waals surface area (Å²) in [6.07, 6.45) is 14.5. The SMILES string of the molecule is CC1(NCC2CCC(N3CCN(CC4CCN(c5cccc(C(C=O)CCC=O)c5)CC4)CC3)CC2)CCN(c2cnc(Sc3cccc(N)c3Cl)c(N)n2)CC1. The molecule has 1 atom stereocenters. The Morgan fingerprint density at radius 1 is 0.912 bits per heavy atom. The lowest BCUT2D eigenvalue weighted by Crippen LogP contribution is -2.54. The van der Waals surface area contributed by atoms with Gasteiger partial charge in [-0.15, -0.1) is 0 Å². The Bertz CT molecular complexity index is 1780. The van der Waals surface area contributed by atoms with Crippen molar-refractivity contribution < 1.29 is 9.59 Å². The number of piperazine rings is 1. The van der Waals surface area contributed by atoms with Gasteiger partial charge in [0.1, 0.15) is 23.4 Å². The molecular formula is C44H62ClN9O2S. The normalized spacial score (nSPS) is 23.0. The third kappa shape index (κ3) is 10.8. The van der Waals surface area contributed by atoms with Gasteiger partial charge in [0, 0.05) is 93.4 Å². The number of aldehydes is 2. The van der Waals surface area contributed by atoms with E-state index in [4.69, 9.17) is 28.1 Å². The number of aromatic nitrogens is 2. The van der Waals surface area contributed by atoms with Crippen LogP contribution in [0.1, 0.15) is 82.6 Å². The van der Waals surface area contributed by atoms with Crippen LogP contribution in [0.5, 0.6) is 0 Å². The molecule has 1 saturated carbocycles. The average molecular weight is 817 g/mol. The highest BCUT2D eigenvalue weighted by Crippen LogP contribution is 2.38. The summed E-state index contributed by atoms with van der Waals surface area (Å²) in [6.45, 7) is 13.4. The molecule has 1 aromatic heterocycles. The predicted octanol–water partition coefficient (Wildman–Crippen LogP) is 6.75. The first-order chi connectivity index (χ1) is 27.7. The molecule has 0 amide bonds. The highest BCUT2D eigenvalue weighted by molar-refractivity contribution is 7.99. The van der Waals surface area contributed by atoms with E-state index in [0.29, 0.717) is 34.4 Å². The van der Waals surface area contributed by atoms with Crippen molar-refractivity contribution in [2.75, 3.05) is 86.7 Å². The molecule has 3 aromatic rings. The van der Waals surface area contributed by atoms with Gasteiger partial charge in [-0.25, -0.2) is 9.97 Å². The van der Waals surface area contributed by atoms with Gasteiger partial charge in [-0.3, -0.25) is 4.90 Å². The van der Waals surface area contributed by atoms with Crippen LogP contribution in [0.3, 0.4) is 0 Å². The topological polar surface area (TPSA) is 137 Å². The second-order valence-corrected chi connectivity index (χ2v) is 18.5. The number of rotatable bonds is 15. The van der Waals surface area contributed by atoms with Crippen LogP contribution < -0.4 is 26.6 Å². The predicted molar refractivity (Wildman–Crippen MR) is 234 cm³/mol. The summed E-state index contributed by atoms with van der Waals surface area (Å²) in [5.41, 5.74) is 15.2. The number of carbonyl (C=O) groups excluding carboxylic acids is 2. The standard InChI is InChI=1S/C44H62ClN9O2S/c1-44(16-20-54(21-17-44)40-29-48-43(42(47)50-40)57-39-9-3-8-38(46)41(39)45)49-28-32-10-12-36(13-11-32)53-24-22-51(23-25-53)30-33-14-18-52(19-15-33)37-7-2-5-34(27-37)35(31-56)6-4-26-55/h2-3,5,7-9,26-27,29,31-33,35-36,49H,4,6,10-25,28,30,46H2,1H3,(H2,47,50). The van der Waals surface area contributed by atoms with Gasteiger partial charge in [-0.1, -0.05) is 41.6 Å². The minimum atomic E-state index is -0.204. The zero-order valence-electron chi connectivity index (χ0n) is 33.7. The van der Waals surface area contributed by atoms with Crippen molar-refractivity contribution in [2.24, 2.45) is 11.8 Å². The van der Waals surface area contributed by atoms with Crippen molar-refractivity contribution in [1.29, 1.82) is 0 Å². The van der Waals surface area contributed by atoms with E-state index in [0.717, 1.165) is 92.3 Å². The van der Waals surface area contributed by atoms with Crippen LogP contribution >= 0.6 is 23.4 Å². The van der Waals surface area contributed by atoms with Gasteiger partial charge >= 0.3 is 0 Å². The lowest BCUT2D eigenvalue weighted by molar-refractivity contribution is -0.109. The van der Waals surface area contributed by atoms with E-state index in [-0.39, 0.29) is 11.5 Å². The number of nitrogens with two attached hydrogens (primary N) is 2. The number of piperidine rings is 2. The van der Waals surface area contributed by atoms with Gasteiger partial charge < -0.3 is 41.1 Å². The number of carbonyl (C=O) groups is 2. The van der Waals surface area contributed by atoms with Crippen molar-refractivity contribution in [3.63, 3.8) is 0 Å². The van der Waals surface area contributed by atoms with E-state index >= 15 is 0 Å². The number of nitrogens with zero attached hydrogens (tertiary/aromatic N) is 6. The maximum atomic E-state index is 11.7. The first-order valence-electron chi connectivity index (χ1n) is 21.2. The molecule has 4 fully saturated rings. The molecule has 2 aromatic carbocycles. The Morgan fingerprint density at radius 2 is 1.65 bits per heavy atom. The zero-order valence-corrected chi connectivity index (χ0v) is 35.2. The van der Waals surface area contributed by atoms with Crippen molar-refractivity contribution in [2.45, 2.75) is 98.6 Å². The third-order valence-corrected chi connectivity index (χ3v) is 14.9. The Morgan fingerprint density at radius 3 is 2.35 bits per heavy atom. The van der Waals surface area contributed by atoms with E-state index in [2.05, 4.69) is 55.0 Å². The van der Waals surface area contributed by atoms with Crippen molar-refractivity contribution >= 4 is 58.9 Å². The fourth-order valence-electron chi connectivity index (χ4n) is 9.40. The van der Waals surface area contributed by atoms with Crippen LogP contribution in [0.15, 0.2) is 58.6 Å². The first kappa shape index (κ1) is 41.7. The minimum Gasteiger partial charge on any atom is -0.397 e. The summed E-state index contributed by atoms with van der Waals surface area (Å²) in [7, 11) is 0. The minimum absolute atomic E-state index is 0.128. The highest BCUT2D eigenvalue weighted by Gasteiger charge is 2.34. The molecule has 0 bridgehead atoms. The Hall–Kier alpha value is -3.42. The molecule has 7 rings (SSSR count). The van der Waals surface area contributed by atoms with Crippen LogP contribution in [0.2, 0.25) is 5.02 Å². The van der Waals surface area contributed by atoms with Crippen molar-refractivity contribution in [3.05, 3.63) is 59.2 Å². The summed E-state index contributed by atoms with van der Waals surface area (Å²) < 4.78 is 0. The lowest BCUT2D eigenvalue weighted by atomic mass is 9.83. The van der Waals surface area contributed by atoms with Gasteiger partial charge in [0.25, 0.3) is 0 Å². The van der Waals surface area contributed by atoms with Gasteiger partial charge in [-0.2, -0.15) is 0 Å². The fraction of sp³-hybridized carbons (Fsp3) is 0.591. The summed E-state index contributed by atoms with van der Waals surface area (Å²) in [6, 6.07) is 14.7. The molecular weight excluding hydrogens is 754 g/mol. The molecule has 3 saturated heterocycles. The van der Waals surface area contributed by atoms with Gasteiger partial charge in [0.05, 0.1) is 16.9 Å². The molecule has 3 aliphatic heterocycles. The quantitative estimate of drug-likeness (QED) is 0.111. The number of hydrogen-bond acceptors (Lipinski definition) is 12. The number of nitrogen functional groups attached to an aromatic ring is 2. The summed E-state index contributed by atoms with van der Waals surface area (Å²) >= 11 is 7.78. The van der Waals surface area contributed by atoms with Crippen LogP contribution in [0, 0.1) is 11.8 Å². The maximum absolute atomic E-state index is 11.7. The molecule has 5 N–H and O–H groups in total. The number of hydrogen-bond donors (Lipinski definition) is 3. The Balaban J connectivity index is 0.776. The van der Waals surface area contributed by atoms with Gasteiger partial charge in [0.2, 0.25) is 0 Å². The highest BCUT2D eigenvalue weighted by atomic mass is 35.5. The van der Waals surface area contributed by atoms with E-state index in [1.807, 2.05) is 24.4 Å². The second kappa shape index (κ2) is 19.6. The molecule has 4 aliphatic rings. The first-order valence-corrected chi connectivity index (χ1v) is 22.4. The van der Waals surface area contributed by atoms with E-state index in [9.17, 15) is 9.59 Å². The molecule has 4 heterocycles. The number of nitrogens with one attached hydrogen (secondary N) is 1. The van der Waals surface area contributed by atoms with Crippen LogP contribution in [-0.2, 0) is 9.59 Å². The molecule has 57 heavy (non-hydrogen) atoms. The van der Waals surface area contributed by atoms with Crippen molar-refractivity contribution in [3.8, 4) is 0 Å². The van der Waals surface area contributed by atoms with E-state index in [1.165, 1.54) is 88.7 Å². The van der Waals surface area contributed by atoms with Crippen LogP contribution in [0.25, 0.3) is 0 Å². The third-order valence-electron chi connectivity index (χ3n) is 13.3. The second-order valence-electron chi connectivity index (χ2n) is 17.1. The molecule has 308 valence electrons. The Labute approximate surface area is 348 Å². The van der Waals surface area contributed by atoms with Gasteiger partial charge in [-0.05, 0) is 113 Å². The summed E-state index contributed by atoms with van der Waals surface area (Å²) in [5.74, 6) is 2.53. The number of anilines is 4. The molecule has 1 aliphatic carbocycles. The molecule has 0 spiro atoms. The molecule has 11 nitrogen and oxygen atoms in total. The van der Waals surface area contributed by atoms with Gasteiger partial charge in [0.15, 0.2) is 5.82 Å². The smallest absolute Gasteiger partial charge is 0.158 e. The maximum Gasteiger partial charge on any atom is 0.158 e. The van der Waals surface area contributed by atoms with Crippen molar-refractivity contribution in [1.82, 2.24) is 25.1 Å². The lowest BCUT2D eigenvalue weighted by Gasteiger charge is -2.44. The zero-order chi connectivity index (χ0) is 39.8. The summed E-state index contributed by atoms with van der Waals surface area (Å²) in [5, 5.41) is 5.15. The molecule has 0 radical (unpaired) electrons. The monoisotopic (exact) mass is 815 g/mol. The van der Waals surface area contributed by atoms with Crippen LogP contribution in [0.4, 0.5) is 23.0 Å². The average Bonchev–Trinajstić information content (AvgIpc) is 3.24. The largest absolute Gasteiger partial charge is 0.397 e. The molecule has 1 unspecified atom stereocenters. The number of halogens is 1.